The Morgan fingerprint density at radius 1 is 1.05 bits per heavy atom. The van der Waals surface area contributed by atoms with E-state index in [1.54, 1.807) is 0 Å². The van der Waals surface area contributed by atoms with Gasteiger partial charge in [-0.3, -0.25) is 4.79 Å². The van der Waals surface area contributed by atoms with E-state index in [0.29, 0.717) is 13.0 Å². The number of alkyl carbamates (subject to hydrolysis) is 1. The van der Waals surface area contributed by atoms with Gasteiger partial charge in [0.1, 0.15) is 5.60 Å². The summed E-state index contributed by atoms with van der Waals surface area (Å²) in [5, 5.41) is 2.73. The lowest BCUT2D eigenvalue weighted by atomic mass is 10.1. The van der Waals surface area contributed by atoms with Crippen molar-refractivity contribution in [3.05, 3.63) is 0 Å². The van der Waals surface area contributed by atoms with E-state index in [9.17, 15) is 9.59 Å². The number of carbonyl (C=O) groups is 2. The molecule has 2 amide bonds. The third kappa shape index (κ3) is 8.58. The number of nitrogens with one attached hydrogen (secondary N) is 1. The van der Waals surface area contributed by atoms with Crippen LogP contribution in [0.1, 0.15) is 65.7 Å². The molecule has 0 spiro atoms. The van der Waals surface area contributed by atoms with Gasteiger partial charge in [0.25, 0.3) is 0 Å². The lowest BCUT2D eigenvalue weighted by Gasteiger charge is -2.26. The Balaban J connectivity index is 1.99. The molecule has 0 saturated carbocycles. The number of rotatable bonds is 6. The van der Waals surface area contributed by atoms with Crippen LogP contribution in [0.5, 0.6) is 0 Å². The first kappa shape index (κ1) is 17.8. The highest BCUT2D eigenvalue weighted by Gasteiger charge is 2.16. The highest BCUT2D eigenvalue weighted by molar-refractivity contribution is 5.76. The number of hydrogen-bond donors (Lipinski definition) is 1. The molecule has 5 heteroatoms. The molecule has 0 aromatic rings. The average molecular weight is 298 g/mol. The maximum atomic E-state index is 11.9. The van der Waals surface area contributed by atoms with Crippen LogP contribution in [0.25, 0.3) is 0 Å². The molecule has 1 heterocycles. The summed E-state index contributed by atoms with van der Waals surface area (Å²) in [5.41, 5.74) is -0.453. The van der Waals surface area contributed by atoms with Crippen LogP contribution < -0.4 is 5.32 Å². The molecule has 1 rings (SSSR count). The smallest absolute Gasteiger partial charge is 0.407 e. The summed E-state index contributed by atoms with van der Waals surface area (Å²) in [4.78, 5) is 25.3. The Bertz CT molecular complexity index is 331. The highest BCUT2D eigenvalue weighted by atomic mass is 16.6. The fraction of sp³-hybridized carbons (Fsp3) is 0.875. The van der Waals surface area contributed by atoms with E-state index in [1.807, 2.05) is 25.7 Å². The van der Waals surface area contributed by atoms with Gasteiger partial charge in [-0.25, -0.2) is 4.79 Å². The van der Waals surface area contributed by atoms with E-state index in [0.717, 1.165) is 45.2 Å². The van der Waals surface area contributed by atoms with Crippen LogP contribution in [0.3, 0.4) is 0 Å². The number of likely N-dealkylation sites (tertiary alicyclic amines) is 1. The predicted molar refractivity (Wildman–Crippen MR) is 83.1 cm³/mol. The Morgan fingerprint density at radius 2 is 1.71 bits per heavy atom. The quantitative estimate of drug-likeness (QED) is 0.767. The van der Waals surface area contributed by atoms with E-state index in [4.69, 9.17) is 4.74 Å². The van der Waals surface area contributed by atoms with Gasteiger partial charge in [0.2, 0.25) is 5.91 Å². The number of ether oxygens (including phenoxy) is 1. The van der Waals surface area contributed by atoms with Gasteiger partial charge in [0, 0.05) is 26.1 Å². The molecular formula is C16H30N2O3. The van der Waals surface area contributed by atoms with Crippen LogP contribution in [0.4, 0.5) is 4.79 Å². The minimum atomic E-state index is -0.453. The van der Waals surface area contributed by atoms with Gasteiger partial charge in [0.15, 0.2) is 0 Å². The second-order valence-electron chi connectivity index (χ2n) is 6.68. The molecule has 0 atom stereocenters. The summed E-state index contributed by atoms with van der Waals surface area (Å²) >= 11 is 0. The number of unbranched alkanes of at least 4 members (excludes halogenated alkanes) is 2. The average Bonchev–Trinajstić information content (AvgIpc) is 2.41. The molecular weight excluding hydrogens is 268 g/mol. The molecule has 0 unspecified atom stereocenters. The van der Waals surface area contributed by atoms with E-state index in [2.05, 4.69) is 5.32 Å². The van der Waals surface area contributed by atoms with E-state index in [-0.39, 0.29) is 12.0 Å². The van der Waals surface area contributed by atoms with Gasteiger partial charge in [-0.15, -0.1) is 0 Å². The molecule has 5 nitrogen and oxygen atoms in total. The first-order chi connectivity index (χ1) is 9.88. The van der Waals surface area contributed by atoms with Crippen LogP contribution in [-0.4, -0.2) is 42.1 Å². The van der Waals surface area contributed by atoms with E-state index >= 15 is 0 Å². The van der Waals surface area contributed by atoms with Crippen LogP contribution in [0.15, 0.2) is 0 Å². The second-order valence-corrected chi connectivity index (χ2v) is 6.68. The Hall–Kier alpha value is -1.26. The molecule has 1 fully saturated rings. The fourth-order valence-corrected chi connectivity index (χ4v) is 2.38. The topological polar surface area (TPSA) is 58.6 Å². The molecule has 1 aliphatic heterocycles. The molecule has 1 saturated heterocycles. The van der Waals surface area contributed by atoms with E-state index in [1.165, 1.54) is 6.42 Å². The number of hydrogen-bond acceptors (Lipinski definition) is 3. The van der Waals surface area contributed by atoms with Crippen molar-refractivity contribution in [1.29, 1.82) is 0 Å². The molecule has 0 aromatic carbocycles. The van der Waals surface area contributed by atoms with Gasteiger partial charge in [0.05, 0.1) is 0 Å². The minimum absolute atomic E-state index is 0.287. The van der Waals surface area contributed by atoms with Crippen LogP contribution >= 0.6 is 0 Å². The zero-order chi connectivity index (χ0) is 15.7. The maximum Gasteiger partial charge on any atom is 0.407 e. The van der Waals surface area contributed by atoms with Crippen molar-refractivity contribution in [2.45, 2.75) is 71.3 Å². The number of amides is 2. The fourth-order valence-electron chi connectivity index (χ4n) is 2.38. The standard InChI is InChI=1S/C16H30N2O3/c1-16(2,3)21-15(20)17-11-7-4-6-10-14(19)18-12-8-5-9-13-18/h4-13H2,1-3H3,(H,17,20). The van der Waals surface area contributed by atoms with Gasteiger partial charge in [-0.2, -0.15) is 0 Å². The lowest BCUT2D eigenvalue weighted by Crippen LogP contribution is -2.35. The van der Waals surface area contributed by atoms with Gasteiger partial charge in [-0.1, -0.05) is 6.42 Å². The van der Waals surface area contributed by atoms with Crippen molar-refractivity contribution in [3.63, 3.8) is 0 Å². The second kappa shape index (κ2) is 8.90. The Kier molecular flexibility index (Phi) is 7.54. The Morgan fingerprint density at radius 3 is 2.33 bits per heavy atom. The molecule has 0 bridgehead atoms. The normalized spacial score (nSPS) is 15.7. The maximum absolute atomic E-state index is 11.9. The third-order valence-electron chi connectivity index (χ3n) is 3.44. The largest absolute Gasteiger partial charge is 0.444 e. The zero-order valence-electron chi connectivity index (χ0n) is 13.7. The summed E-state index contributed by atoms with van der Waals surface area (Å²) in [6.07, 6.45) is 6.53. The molecule has 0 radical (unpaired) electrons. The lowest BCUT2D eigenvalue weighted by molar-refractivity contribution is -0.132. The van der Waals surface area contributed by atoms with Crippen LogP contribution in [0, 0.1) is 0 Å². The number of piperidine rings is 1. The molecule has 1 aliphatic rings. The number of carbonyl (C=O) groups excluding carboxylic acids is 2. The van der Waals surface area contributed by atoms with Gasteiger partial charge < -0.3 is 15.0 Å². The van der Waals surface area contributed by atoms with Crippen molar-refractivity contribution in [3.8, 4) is 0 Å². The van der Waals surface area contributed by atoms with Crippen molar-refractivity contribution in [1.82, 2.24) is 10.2 Å². The third-order valence-corrected chi connectivity index (χ3v) is 3.44. The molecule has 21 heavy (non-hydrogen) atoms. The monoisotopic (exact) mass is 298 g/mol. The van der Waals surface area contributed by atoms with Crippen LogP contribution in [0.2, 0.25) is 0 Å². The van der Waals surface area contributed by atoms with Gasteiger partial charge >= 0.3 is 6.09 Å². The predicted octanol–water partition coefficient (Wildman–Crippen LogP) is 3.08. The first-order valence-electron chi connectivity index (χ1n) is 8.13. The first-order valence-corrected chi connectivity index (χ1v) is 8.13. The van der Waals surface area contributed by atoms with Crippen molar-refractivity contribution >= 4 is 12.0 Å². The molecule has 0 aliphatic carbocycles. The highest BCUT2D eigenvalue weighted by Crippen LogP contribution is 2.11. The van der Waals surface area contributed by atoms with Gasteiger partial charge in [-0.05, 0) is 52.9 Å². The van der Waals surface area contributed by atoms with Crippen molar-refractivity contribution < 1.29 is 14.3 Å². The molecule has 0 aromatic heterocycles. The van der Waals surface area contributed by atoms with Crippen molar-refractivity contribution in [2.75, 3.05) is 19.6 Å². The molecule has 1 N–H and O–H groups in total. The number of nitrogens with zero attached hydrogens (tertiary/aromatic N) is 1. The van der Waals surface area contributed by atoms with E-state index < -0.39 is 5.60 Å². The zero-order valence-corrected chi connectivity index (χ0v) is 13.7. The summed E-state index contributed by atoms with van der Waals surface area (Å²) < 4.78 is 5.15. The summed E-state index contributed by atoms with van der Waals surface area (Å²) in [5.74, 6) is 0.287. The summed E-state index contributed by atoms with van der Waals surface area (Å²) in [7, 11) is 0. The SMILES string of the molecule is CC(C)(C)OC(=O)NCCCCCC(=O)N1CCCCC1. The van der Waals surface area contributed by atoms with Crippen LogP contribution in [-0.2, 0) is 9.53 Å². The molecule has 122 valence electrons. The van der Waals surface area contributed by atoms with Crippen molar-refractivity contribution in [2.24, 2.45) is 0 Å². The summed E-state index contributed by atoms with van der Waals surface area (Å²) in [6.45, 7) is 8.00. The Labute approximate surface area is 128 Å². The minimum Gasteiger partial charge on any atom is -0.444 e. The summed E-state index contributed by atoms with van der Waals surface area (Å²) in [6, 6.07) is 0.